The van der Waals surface area contributed by atoms with Crippen molar-refractivity contribution >= 4 is 21.7 Å². The third-order valence-corrected chi connectivity index (χ3v) is 4.58. The monoisotopic (exact) mass is 351 g/mol. The molecule has 0 spiro atoms. The molecule has 24 heavy (non-hydrogen) atoms. The molecule has 0 saturated carbocycles. The fourth-order valence-corrected chi connectivity index (χ4v) is 3.11. The van der Waals surface area contributed by atoms with Crippen LogP contribution in [0, 0.1) is 0 Å². The highest BCUT2D eigenvalue weighted by atomic mass is 32.2. The van der Waals surface area contributed by atoms with Crippen LogP contribution in [0.15, 0.2) is 47.4 Å². The zero-order valence-corrected chi connectivity index (χ0v) is 14.2. The Hall–Kier alpha value is -2.74. The van der Waals surface area contributed by atoms with Crippen molar-refractivity contribution in [3.63, 3.8) is 0 Å². The molecule has 0 aliphatic heterocycles. The van der Waals surface area contributed by atoms with Crippen LogP contribution < -0.4 is 14.2 Å². The number of hydrogen-bond acceptors (Lipinski definition) is 6. The van der Waals surface area contributed by atoms with Gasteiger partial charge in [-0.2, -0.15) is 0 Å². The molecule has 0 saturated heterocycles. The number of rotatable bonds is 6. The van der Waals surface area contributed by atoms with E-state index in [-0.39, 0.29) is 16.1 Å². The lowest BCUT2D eigenvalue weighted by Gasteiger charge is -2.13. The summed E-state index contributed by atoms with van der Waals surface area (Å²) in [5.41, 5.74) is 0.392. The van der Waals surface area contributed by atoms with E-state index in [1.807, 2.05) is 0 Å². The van der Waals surface area contributed by atoms with Crippen LogP contribution in [0.4, 0.5) is 5.69 Å². The zero-order chi connectivity index (χ0) is 17.7. The molecular weight excluding hydrogens is 334 g/mol. The summed E-state index contributed by atoms with van der Waals surface area (Å²) in [6.07, 6.45) is 0. The van der Waals surface area contributed by atoms with Gasteiger partial charge in [0.15, 0.2) is 0 Å². The van der Waals surface area contributed by atoms with Gasteiger partial charge in [-0.25, -0.2) is 13.2 Å². The van der Waals surface area contributed by atoms with E-state index in [1.165, 1.54) is 51.7 Å². The summed E-state index contributed by atoms with van der Waals surface area (Å²) >= 11 is 0. The Bertz CT molecular complexity index is 847. The third-order valence-electron chi connectivity index (χ3n) is 3.22. The average Bonchev–Trinajstić information content (AvgIpc) is 2.61. The van der Waals surface area contributed by atoms with E-state index in [2.05, 4.69) is 9.46 Å². The normalized spacial score (nSPS) is 10.8. The molecule has 2 aromatic rings. The molecule has 0 atom stereocenters. The molecule has 0 fully saturated rings. The van der Waals surface area contributed by atoms with Crippen molar-refractivity contribution in [2.45, 2.75) is 4.90 Å². The van der Waals surface area contributed by atoms with Gasteiger partial charge in [0.1, 0.15) is 11.5 Å². The van der Waals surface area contributed by atoms with Crippen LogP contribution in [0.5, 0.6) is 11.5 Å². The van der Waals surface area contributed by atoms with Crippen LogP contribution in [-0.4, -0.2) is 35.7 Å². The number of esters is 1. The third kappa shape index (κ3) is 3.77. The number of sulfonamides is 1. The fourth-order valence-electron chi connectivity index (χ4n) is 1.99. The maximum Gasteiger partial charge on any atom is 0.337 e. The van der Waals surface area contributed by atoms with Crippen LogP contribution in [-0.2, 0) is 14.8 Å². The molecule has 0 heterocycles. The highest BCUT2D eigenvalue weighted by Crippen LogP contribution is 2.30. The largest absolute Gasteiger partial charge is 0.497 e. The first-order valence-corrected chi connectivity index (χ1v) is 8.33. The predicted molar refractivity (Wildman–Crippen MR) is 88.1 cm³/mol. The Balaban J connectivity index is 2.37. The minimum Gasteiger partial charge on any atom is -0.497 e. The van der Waals surface area contributed by atoms with E-state index >= 15 is 0 Å². The minimum absolute atomic E-state index is 0.0664. The van der Waals surface area contributed by atoms with E-state index in [0.717, 1.165) is 0 Å². The second-order valence-corrected chi connectivity index (χ2v) is 6.37. The highest BCUT2D eigenvalue weighted by molar-refractivity contribution is 7.92. The van der Waals surface area contributed by atoms with Crippen LogP contribution in [0.25, 0.3) is 0 Å². The summed E-state index contributed by atoms with van der Waals surface area (Å²) < 4.78 is 42.3. The molecule has 0 bridgehead atoms. The van der Waals surface area contributed by atoms with Gasteiger partial charge in [-0.3, -0.25) is 4.72 Å². The molecule has 0 aliphatic carbocycles. The quantitative estimate of drug-likeness (QED) is 0.803. The first-order chi connectivity index (χ1) is 11.4. The number of ether oxygens (including phenoxy) is 3. The molecule has 7 nitrogen and oxygen atoms in total. The second kappa shape index (κ2) is 7.22. The standard InChI is InChI=1S/C16H17NO6S/c1-21-12-7-8-14(15(10-12)22-2)17-24(19,20)13-6-4-5-11(9-13)16(18)23-3/h4-10,17H,1-3H3. The summed E-state index contributed by atoms with van der Waals surface area (Å²) in [6, 6.07) is 10.2. The molecule has 8 heteroatoms. The van der Waals surface area contributed by atoms with Gasteiger partial charge in [0.2, 0.25) is 0 Å². The second-order valence-electron chi connectivity index (χ2n) is 4.69. The van der Waals surface area contributed by atoms with Gasteiger partial charge < -0.3 is 14.2 Å². The van der Waals surface area contributed by atoms with Crippen molar-refractivity contribution in [2.24, 2.45) is 0 Å². The Labute approximate surface area is 140 Å². The summed E-state index contributed by atoms with van der Waals surface area (Å²) in [6.45, 7) is 0. The van der Waals surface area contributed by atoms with Gasteiger partial charge in [0.25, 0.3) is 10.0 Å². The number of hydrogen-bond donors (Lipinski definition) is 1. The van der Waals surface area contributed by atoms with Gasteiger partial charge in [-0.15, -0.1) is 0 Å². The summed E-state index contributed by atoms with van der Waals surface area (Å²) in [5.74, 6) is 0.221. The van der Waals surface area contributed by atoms with E-state index in [9.17, 15) is 13.2 Å². The van der Waals surface area contributed by atoms with Gasteiger partial charge in [0.05, 0.1) is 37.5 Å². The number of nitrogens with one attached hydrogen (secondary N) is 1. The lowest BCUT2D eigenvalue weighted by Crippen LogP contribution is -2.14. The number of carbonyl (C=O) groups excluding carboxylic acids is 1. The lowest BCUT2D eigenvalue weighted by molar-refractivity contribution is 0.0600. The predicted octanol–water partition coefficient (Wildman–Crippen LogP) is 2.29. The van der Waals surface area contributed by atoms with Crippen molar-refractivity contribution in [1.29, 1.82) is 0 Å². The molecule has 0 amide bonds. The van der Waals surface area contributed by atoms with Crippen molar-refractivity contribution < 1.29 is 27.4 Å². The van der Waals surface area contributed by atoms with Gasteiger partial charge in [0, 0.05) is 6.07 Å². The smallest absolute Gasteiger partial charge is 0.337 e. The minimum atomic E-state index is -3.91. The van der Waals surface area contributed by atoms with Crippen LogP contribution in [0.1, 0.15) is 10.4 Å². The van der Waals surface area contributed by atoms with Crippen LogP contribution in [0.3, 0.4) is 0 Å². The Kier molecular flexibility index (Phi) is 5.30. The number of carbonyl (C=O) groups is 1. The van der Waals surface area contributed by atoms with Gasteiger partial charge >= 0.3 is 5.97 Å². The van der Waals surface area contributed by atoms with Gasteiger partial charge in [-0.05, 0) is 30.3 Å². The lowest BCUT2D eigenvalue weighted by atomic mass is 10.2. The number of methoxy groups -OCH3 is 3. The van der Waals surface area contributed by atoms with Crippen molar-refractivity contribution in [3.05, 3.63) is 48.0 Å². The molecule has 0 unspecified atom stereocenters. The first kappa shape index (κ1) is 17.6. The molecule has 2 rings (SSSR count). The SMILES string of the molecule is COC(=O)c1cccc(S(=O)(=O)Nc2ccc(OC)cc2OC)c1. The van der Waals surface area contributed by atoms with Crippen molar-refractivity contribution in [1.82, 2.24) is 0 Å². The highest BCUT2D eigenvalue weighted by Gasteiger charge is 2.19. The Morgan fingerprint density at radius 1 is 1.00 bits per heavy atom. The summed E-state index contributed by atoms with van der Waals surface area (Å²) in [4.78, 5) is 11.5. The maximum atomic E-state index is 12.5. The van der Waals surface area contributed by atoms with Crippen molar-refractivity contribution in [3.8, 4) is 11.5 Å². The van der Waals surface area contributed by atoms with E-state index in [0.29, 0.717) is 11.5 Å². The number of benzene rings is 2. The fraction of sp³-hybridized carbons (Fsp3) is 0.188. The molecule has 2 aromatic carbocycles. The first-order valence-electron chi connectivity index (χ1n) is 6.84. The molecule has 1 N–H and O–H groups in total. The van der Waals surface area contributed by atoms with E-state index in [4.69, 9.17) is 9.47 Å². The zero-order valence-electron chi connectivity index (χ0n) is 13.4. The molecule has 0 aliphatic rings. The van der Waals surface area contributed by atoms with Crippen molar-refractivity contribution in [2.75, 3.05) is 26.1 Å². The molecule has 0 aromatic heterocycles. The van der Waals surface area contributed by atoms with E-state index in [1.54, 1.807) is 12.1 Å². The summed E-state index contributed by atoms with van der Waals surface area (Å²) in [7, 11) is 0.236. The molecule has 128 valence electrons. The number of anilines is 1. The summed E-state index contributed by atoms with van der Waals surface area (Å²) in [5, 5.41) is 0. The van der Waals surface area contributed by atoms with Gasteiger partial charge in [-0.1, -0.05) is 6.07 Å². The molecule has 0 radical (unpaired) electrons. The Morgan fingerprint density at radius 3 is 2.38 bits per heavy atom. The van der Waals surface area contributed by atoms with E-state index < -0.39 is 16.0 Å². The Morgan fingerprint density at radius 2 is 1.75 bits per heavy atom. The molecular formula is C16H17NO6S. The maximum absolute atomic E-state index is 12.5. The van der Waals surface area contributed by atoms with Crippen LogP contribution >= 0.6 is 0 Å². The average molecular weight is 351 g/mol. The van der Waals surface area contributed by atoms with Crippen LogP contribution in [0.2, 0.25) is 0 Å². The topological polar surface area (TPSA) is 90.9 Å².